The van der Waals surface area contributed by atoms with Crippen LogP contribution in [0.3, 0.4) is 0 Å². The first-order valence-corrected chi connectivity index (χ1v) is 5.59. The van der Waals surface area contributed by atoms with Gasteiger partial charge in [0.1, 0.15) is 11.6 Å². The van der Waals surface area contributed by atoms with Gasteiger partial charge in [0, 0.05) is 5.56 Å². The monoisotopic (exact) mass is 261 g/mol. The number of fused-ring (bicyclic) bond motifs is 1. The van der Waals surface area contributed by atoms with Crippen LogP contribution in [-0.2, 0) is 6.61 Å². The maximum atomic E-state index is 13.7. The summed E-state index contributed by atoms with van der Waals surface area (Å²) in [6, 6.07) is 6.37. The van der Waals surface area contributed by atoms with Gasteiger partial charge in [-0.3, -0.25) is 0 Å². The molecule has 0 atom stereocenters. The van der Waals surface area contributed by atoms with Crippen LogP contribution in [0.15, 0.2) is 36.5 Å². The van der Waals surface area contributed by atoms with Crippen molar-refractivity contribution in [1.29, 1.82) is 0 Å². The summed E-state index contributed by atoms with van der Waals surface area (Å²) in [7, 11) is 0. The molecule has 0 spiro atoms. The van der Waals surface area contributed by atoms with Crippen LogP contribution in [0.2, 0.25) is 0 Å². The molecule has 2 aromatic heterocycles. The van der Waals surface area contributed by atoms with Crippen LogP contribution in [0, 0.1) is 11.6 Å². The third kappa shape index (κ3) is 1.96. The minimum absolute atomic E-state index is 0.0690. The van der Waals surface area contributed by atoms with Crippen molar-refractivity contribution in [3.05, 3.63) is 53.9 Å². The predicted molar refractivity (Wildman–Crippen MR) is 64.3 cm³/mol. The molecule has 0 saturated carbocycles. The average molecular weight is 261 g/mol. The van der Waals surface area contributed by atoms with E-state index in [2.05, 4.69) is 10.1 Å². The van der Waals surface area contributed by atoms with Gasteiger partial charge in [-0.25, -0.2) is 18.3 Å². The highest BCUT2D eigenvalue weighted by atomic mass is 19.1. The van der Waals surface area contributed by atoms with E-state index in [-0.39, 0.29) is 17.9 Å². The molecule has 19 heavy (non-hydrogen) atoms. The summed E-state index contributed by atoms with van der Waals surface area (Å²) in [5.41, 5.74) is 1.36. The minimum Gasteiger partial charge on any atom is -0.390 e. The molecule has 3 aromatic rings. The second-order valence-corrected chi connectivity index (χ2v) is 4.02. The highest BCUT2D eigenvalue weighted by Gasteiger charge is 2.10. The molecule has 6 heteroatoms. The summed E-state index contributed by atoms with van der Waals surface area (Å²) in [4.78, 5) is 4.04. The molecule has 0 radical (unpaired) electrons. The Morgan fingerprint density at radius 2 is 2.00 bits per heavy atom. The maximum absolute atomic E-state index is 13.7. The molecule has 96 valence electrons. The van der Waals surface area contributed by atoms with Crippen molar-refractivity contribution in [3.63, 3.8) is 0 Å². The van der Waals surface area contributed by atoms with Gasteiger partial charge in [0.05, 0.1) is 24.2 Å². The molecule has 0 aliphatic rings. The van der Waals surface area contributed by atoms with Crippen LogP contribution in [0.4, 0.5) is 8.78 Å². The lowest BCUT2D eigenvalue weighted by atomic mass is 10.1. The molecule has 0 unspecified atom stereocenters. The Bertz CT molecular complexity index is 755. The number of aliphatic hydroxyl groups excluding tert-OH is 1. The number of aliphatic hydroxyl groups is 1. The summed E-state index contributed by atoms with van der Waals surface area (Å²) in [6.45, 7) is -0.233. The summed E-state index contributed by atoms with van der Waals surface area (Å²) in [5, 5.41) is 13.3. The molecular weight excluding hydrogens is 252 g/mol. The van der Waals surface area contributed by atoms with E-state index >= 15 is 0 Å². The van der Waals surface area contributed by atoms with Crippen LogP contribution < -0.4 is 0 Å². The first-order valence-electron chi connectivity index (χ1n) is 5.59. The van der Waals surface area contributed by atoms with Crippen molar-refractivity contribution in [2.45, 2.75) is 6.61 Å². The number of imidazole rings is 1. The largest absolute Gasteiger partial charge is 0.390 e. The number of hydrogen-bond donors (Lipinski definition) is 1. The van der Waals surface area contributed by atoms with Gasteiger partial charge < -0.3 is 5.11 Å². The van der Waals surface area contributed by atoms with E-state index < -0.39 is 11.6 Å². The fraction of sp³-hybridized carbons (Fsp3) is 0.0769. The van der Waals surface area contributed by atoms with Crippen LogP contribution in [-0.4, -0.2) is 19.7 Å². The predicted octanol–water partition coefficient (Wildman–Crippen LogP) is 2.17. The molecule has 2 heterocycles. The number of hydrogen-bond acceptors (Lipinski definition) is 3. The number of halogens is 2. The van der Waals surface area contributed by atoms with Crippen LogP contribution in [0.1, 0.15) is 5.69 Å². The second-order valence-electron chi connectivity index (χ2n) is 4.02. The van der Waals surface area contributed by atoms with Gasteiger partial charge in [-0.15, -0.1) is 0 Å². The first kappa shape index (κ1) is 11.7. The van der Waals surface area contributed by atoms with E-state index in [9.17, 15) is 8.78 Å². The maximum Gasteiger partial charge on any atom is 0.153 e. The van der Waals surface area contributed by atoms with Gasteiger partial charge >= 0.3 is 0 Å². The van der Waals surface area contributed by atoms with Crippen molar-refractivity contribution >= 4 is 5.65 Å². The van der Waals surface area contributed by atoms with E-state index in [4.69, 9.17) is 5.11 Å². The van der Waals surface area contributed by atoms with Gasteiger partial charge in [-0.05, 0) is 30.3 Å². The Kier molecular flexibility index (Phi) is 2.72. The van der Waals surface area contributed by atoms with Crippen LogP contribution >= 0.6 is 0 Å². The van der Waals surface area contributed by atoms with E-state index in [0.717, 1.165) is 18.2 Å². The quantitative estimate of drug-likeness (QED) is 0.769. The number of aromatic nitrogens is 3. The topological polar surface area (TPSA) is 50.4 Å². The Labute approximate surface area is 107 Å². The Balaban J connectivity index is 2.22. The van der Waals surface area contributed by atoms with E-state index in [0.29, 0.717) is 11.3 Å². The molecule has 1 aromatic carbocycles. The van der Waals surface area contributed by atoms with Crippen molar-refractivity contribution in [3.8, 4) is 11.3 Å². The average Bonchev–Trinajstić information content (AvgIpc) is 2.83. The van der Waals surface area contributed by atoms with Gasteiger partial charge in [-0.2, -0.15) is 5.10 Å². The molecular formula is C13H9F2N3O. The zero-order valence-electron chi connectivity index (χ0n) is 9.72. The van der Waals surface area contributed by atoms with Gasteiger partial charge in [0.15, 0.2) is 5.65 Å². The Hall–Kier alpha value is -2.34. The van der Waals surface area contributed by atoms with Crippen molar-refractivity contribution < 1.29 is 13.9 Å². The van der Waals surface area contributed by atoms with Gasteiger partial charge in [0.2, 0.25) is 0 Å². The number of benzene rings is 1. The second kappa shape index (κ2) is 4.40. The molecule has 0 saturated heterocycles. The highest BCUT2D eigenvalue weighted by Crippen LogP contribution is 2.22. The summed E-state index contributed by atoms with van der Waals surface area (Å²) in [6.07, 6.45) is 1.48. The van der Waals surface area contributed by atoms with Crippen molar-refractivity contribution in [2.24, 2.45) is 0 Å². The van der Waals surface area contributed by atoms with E-state index in [1.54, 1.807) is 12.1 Å². The van der Waals surface area contributed by atoms with Crippen molar-refractivity contribution in [2.75, 3.05) is 0 Å². The SMILES string of the molecule is OCc1cnc2ccc(-c3cc(F)ccc3F)nn12. The Morgan fingerprint density at radius 1 is 1.16 bits per heavy atom. The fourth-order valence-corrected chi connectivity index (χ4v) is 1.87. The normalized spacial score (nSPS) is 11.1. The van der Waals surface area contributed by atoms with E-state index in [1.165, 1.54) is 10.7 Å². The zero-order chi connectivity index (χ0) is 13.4. The zero-order valence-corrected chi connectivity index (χ0v) is 9.72. The highest BCUT2D eigenvalue weighted by molar-refractivity contribution is 5.61. The van der Waals surface area contributed by atoms with Gasteiger partial charge in [-0.1, -0.05) is 0 Å². The summed E-state index contributed by atoms with van der Waals surface area (Å²) >= 11 is 0. The summed E-state index contributed by atoms with van der Waals surface area (Å²) in [5.74, 6) is -1.09. The van der Waals surface area contributed by atoms with Crippen LogP contribution in [0.5, 0.6) is 0 Å². The van der Waals surface area contributed by atoms with Crippen LogP contribution in [0.25, 0.3) is 16.9 Å². The third-order valence-electron chi connectivity index (χ3n) is 2.80. The Morgan fingerprint density at radius 3 is 2.79 bits per heavy atom. The molecule has 4 nitrogen and oxygen atoms in total. The standard InChI is InChI=1S/C13H9F2N3O/c14-8-1-2-11(15)10(5-8)12-3-4-13-16-6-9(7-19)18(13)17-12/h1-6,19H,7H2. The van der Waals surface area contributed by atoms with Gasteiger partial charge in [0.25, 0.3) is 0 Å². The smallest absolute Gasteiger partial charge is 0.153 e. The molecule has 1 N–H and O–H groups in total. The fourth-order valence-electron chi connectivity index (χ4n) is 1.87. The molecule has 0 amide bonds. The van der Waals surface area contributed by atoms with Crippen molar-refractivity contribution in [1.82, 2.24) is 14.6 Å². The number of nitrogens with zero attached hydrogens (tertiary/aromatic N) is 3. The lowest BCUT2D eigenvalue weighted by molar-refractivity contribution is 0.274. The molecule has 0 aliphatic carbocycles. The van der Waals surface area contributed by atoms with E-state index in [1.807, 2.05) is 0 Å². The summed E-state index contributed by atoms with van der Waals surface area (Å²) < 4.78 is 28.3. The number of rotatable bonds is 2. The molecule has 0 fully saturated rings. The lowest BCUT2D eigenvalue weighted by Crippen LogP contribution is -2.00. The lowest BCUT2D eigenvalue weighted by Gasteiger charge is -2.04. The molecule has 0 aliphatic heterocycles. The first-order chi connectivity index (χ1) is 9.19. The molecule has 0 bridgehead atoms. The molecule has 3 rings (SSSR count). The minimum atomic E-state index is -0.557. The third-order valence-corrected chi connectivity index (χ3v) is 2.80.